The number of hydrogen-bond acceptors (Lipinski definition) is 10. The van der Waals surface area contributed by atoms with Gasteiger partial charge >= 0.3 is 18.3 Å². The summed E-state index contributed by atoms with van der Waals surface area (Å²) < 4.78 is 27.4. The van der Waals surface area contributed by atoms with Crippen molar-refractivity contribution in [1.82, 2.24) is 15.5 Å². The molecule has 0 aliphatic carbocycles. The Kier molecular flexibility index (Phi) is 18.1. The molecule has 53 heavy (non-hydrogen) atoms. The summed E-state index contributed by atoms with van der Waals surface area (Å²) in [6, 6.07) is 15.4. The van der Waals surface area contributed by atoms with Crippen molar-refractivity contribution in [2.24, 2.45) is 0 Å². The lowest BCUT2D eigenvalue weighted by atomic mass is 9.99. The maximum absolute atomic E-state index is 13.7. The standard InChI is InChI=1S/C39H63N3O10Si/c1-38(2,3)51-35(45)40-31(24-28-14-12-11-13-15-28)33(43)26-42(37(47)50-22-23-53(8,9)10)27-34(44)32(41-36(46)52-39(4,5)6)25-29-16-18-30(19-17-29)49-21-20-48-7/h11-19,31-34,43-44H,20-27H2,1-10H3,(H,40,45)(H,41,46)/t31-,32-,33+,34+/m0/s1. The minimum atomic E-state index is -1.57. The molecular formula is C39H63N3O10Si. The van der Waals surface area contributed by atoms with Gasteiger partial charge in [-0.1, -0.05) is 62.1 Å². The molecule has 0 saturated carbocycles. The number of alkyl carbamates (subject to hydrolysis) is 2. The average Bonchev–Trinajstić information content (AvgIpc) is 3.02. The number of aliphatic hydroxyl groups is 2. The van der Waals surface area contributed by atoms with Crippen LogP contribution in [0.25, 0.3) is 0 Å². The summed E-state index contributed by atoms with van der Waals surface area (Å²) in [7, 11) is 0.0240. The number of carbonyl (C=O) groups is 3. The molecule has 0 spiro atoms. The van der Waals surface area contributed by atoms with Gasteiger partial charge in [-0.15, -0.1) is 0 Å². The van der Waals surface area contributed by atoms with Crippen LogP contribution in [0.5, 0.6) is 5.75 Å². The highest BCUT2D eigenvalue weighted by Crippen LogP contribution is 2.18. The summed E-state index contributed by atoms with van der Waals surface area (Å²) in [5.74, 6) is 0.634. The van der Waals surface area contributed by atoms with Crippen LogP contribution < -0.4 is 15.4 Å². The van der Waals surface area contributed by atoms with E-state index in [1.807, 2.05) is 42.5 Å². The Balaban J connectivity index is 2.40. The average molecular weight is 762 g/mol. The van der Waals surface area contributed by atoms with Crippen molar-refractivity contribution in [1.29, 1.82) is 0 Å². The number of carbonyl (C=O) groups excluding carboxylic acids is 3. The summed E-state index contributed by atoms with van der Waals surface area (Å²) in [6.45, 7) is 17.3. The zero-order chi connectivity index (χ0) is 39.8. The summed E-state index contributed by atoms with van der Waals surface area (Å²) in [5, 5.41) is 28.9. The molecule has 0 heterocycles. The number of rotatable bonds is 19. The van der Waals surface area contributed by atoms with Gasteiger partial charge in [-0.05, 0) is 83.7 Å². The molecule has 4 N–H and O–H groups in total. The number of nitrogens with one attached hydrogen (secondary N) is 2. The van der Waals surface area contributed by atoms with Crippen molar-refractivity contribution in [3.8, 4) is 5.75 Å². The molecule has 0 bridgehead atoms. The molecule has 0 aliphatic rings. The van der Waals surface area contributed by atoms with E-state index in [1.165, 1.54) is 4.90 Å². The van der Waals surface area contributed by atoms with E-state index in [9.17, 15) is 24.6 Å². The fourth-order valence-electron chi connectivity index (χ4n) is 5.04. The lowest BCUT2D eigenvalue weighted by Gasteiger charge is -2.33. The molecule has 0 fully saturated rings. The normalized spacial score (nSPS) is 14.3. The zero-order valence-corrected chi connectivity index (χ0v) is 34.3. The van der Waals surface area contributed by atoms with Crippen LogP contribution in [0.3, 0.4) is 0 Å². The number of hydrogen-bond donors (Lipinski definition) is 4. The van der Waals surface area contributed by atoms with Crippen molar-refractivity contribution in [3.63, 3.8) is 0 Å². The van der Waals surface area contributed by atoms with E-state index in [4.69, 9.17) is 23.7 Å². The van der Waals surface area contributed by atoms with Gasteiger partial charge in [0, 0.05) is 15.2 Å². The molecule has 13 nitrogen and oxygen atoms in total. The molecule has 3 amide bonds. The fraction of sp³-hybridized carbons (Fsp3) is 0.615. The van der Waals surface area contributed by atoms with Crippen molar-refractivity contribution >= 4 is 26.4 Å². The number of ether oxygens (including phenoxy) is 5. The Morgan fingerprint density at radius 2 is 1.19 bits per heavy atom. The maximum Gasteiger partial charge on any atom is 0.409 e. The zero-order valence-electron chi connectivity index (χ0n) is 33.3. The molecule has 0 saturated heterocycles. The van der Waals surface area contributed by atoms with Crippen molar-refractivity contribution < 1.29 is 48.3 Å². The molecular weight excluding hydrogens is 699 g/mol. The lowest BCUT2D eigenvalue weighted by molar-refractivity contribution is 0.0181. The van der Waals surface area contributed by atoms with Gasteiger partial charge in [0.1, 0.15) is 23.6 Å². The first-order chi connectivity index (χ1) is 24.6. The van der Waals surface area contributed by atoms with E-state index in [-0.39, 0.29) is 32.5 Å². The minimum absolute atomic E-state index is 0.166. The summed E-state index contributed by atoms with van der Waals surface area (Å²) in [5.41, 5.74) is 0.0361. The Bertz CT molecular complexity index is 1390. The van der Waals surface area contributed by atoms with E-state index < -0.39 is 61.8 Å². The lowest BCUT2D eigenvalue weighted by Crippen LogP contribution is -2.55. The number of benzene rings is 2. The molecule has 4 atom stereocenters. The SMILES string of the molecule is COCCOc1ccc(C[C@H](NC(=O)OC(C)(C)C)[C@H](O)CN(C[C@@H](O)[C@H](Cc2ccccc2)NC(=O)OC(C)(C)C)C(=O)OCC[Si](C)(C)C)cc1. The van der Waals surface area contributed by atoms with Gasteiger partial charge in [-0.25, -0.2) is 14.4 Å². The van der Waals surface area contributed by atoms with E-state index in [1.54, 1.807) is 60.8 Å². The first-order valence-electron chi connectivity index (χ1n) is 18.2. The van der Waals surface area contributed by atoms with Gasteiger partial charge in [0.15, 0.2) is 0 Å². The summed E-state index contributed by atoms with van der Waals surface area (Å²) in [6.07, 6.45) is -4.43. The van der Waals surface area contributed by atoms with E-state index in [0.29, 0.717) is 25.0 Å². The highest BCUT2D eigenvalue weighted by molar-refractivity contribution is 6.76. The second kappa shape index (κ2) is 21.1. The Morgan fingerprint density at radius 3 is 1.62 bits per heavy atom. The van der Waals surface area contributed by atoms with Crippen LogP contribution in [-0.2, 0) is 31.8 Å². The highest BCUT2D eigenvalue weighted by atomic mass is 28.3. The van der Waals surface area contributed by atoms with Gasteiger partial charge in [0.05, 0.1) is 50.6 Å². The molecule has 0 unspecified atom stereocenters. The largest absolute Gasteiger partial charge is 0.491 e. The summed E-state index contributed by atoms with van der Waals surface area (Å²) in [4.78, 5) is 40.8. The van der Waals surface area contributed by atoms with Crippen molar-refractivity contribution in [2.75, 3.05) is 40.0 Å². The number of nitrogens with zero attached hydrogens (tertiary/aromatic N) is 1. The van der Waals surface area contributed by atoms with Crippen LogP contribution in [0.1, 0.15) is 52.7 Å². The third-order valence-corrected chi connectivity index (χ3v) is 9.42. The monoisotopic (exact) mass is 761 g/mol. The smallest absolute Gasteiger partial charge is 0.409 e. The Hall–Kier alpha value is -3.85. The van der Waals surface area contributed by atoms with Crippen LogP contribution in [-0.4, -0.2) is 117 Å². The number of amides is 3. The number of methoxy groups -OCH3 is 1. The molecule has 2 aromatic rings. The van der Waals surface area contributed by atoms with Gasteiger partial charge in [-0.3, -0.25) is 0 Å². The Morgan fingerprint density at radius 1 is 0.717 bits per heavy atom. The molecule has 14 heteroatoms. The van der Waals surface area contributed by atoms with Crippen LogP contribution in [0.2, 0.25) is 25.7 Å². The van der Waals surface area contributed by atoms with Crippen molar-refractivity contribution in [2.45, 2.75) is 116 Å². The van der Waals surface area contributed by atoms with Crippen LogP contribution in [0.15, 0.2) is 54.6 Å². The molecule has 0 aromatic heterocycles. The van der Waals surface area contributed by atoms with Gasteiger partial charge in [0.25, 0.3) is 0 Å². The predicted octanol–water partition coefficient (Wildman–Crippen LogP) is 5.78. The minimum Gasteiger partial charge on any atom is -0.491 e. The van der Waals surface area contributed by atoms with E-state index in [2.05, 4.69) is 30.3 Å². The number of aliphatic hydroxyl groups excluding tert-OH is 2. The second-order valence-corrected chi connectivity index (χ2v) is 22.0. The third kappa shape index (κ3) is 19.7. The summed E-state index contributed by atoms with van der Waals surface area (Å²) >= 11 is 0. The molecule has 0 radical (unpaired) electrons. The van der Waals surface area contributed by atoms with Crippen LogP contribution >= 0.6 is 0 Å². The third-order valence-electron chi connectivity index (χ3n) is 7.72. The van der Waals surface area contributed by atoms with Crippen LogP contribution in [0.4, 0.5) is 14.4 Å². The molecule has 2 rings (SSSR count). The maximum atomic E-state index is 13.7. The van der Waals surface area contributed by atoms with Crippen LogP contribution in [0, 0.1) is 0 Å². The van der Waals surface area contributed by atoms with Crippen molar-refractivity contribution in [3.05, 3.63) is 65.7 Å². The molecule has 2 aromatic carbocycles. The molecule has 0 aliphatic heterocycles. The topological polar surface area (TPSA) is 165 Å². The van der Waals surface area contributed by atoms with E-state index in [0.717, 1.165) is 11.1 Å². The fourth-order valence-corrected chi connectivity index (χ4v) is 5.75. The van der Waals surface area contributed by atoms with E-state index >= 15 is 0 Å². The Labute approximate surface area is 316 Å². The first kappa shape index (κ1) is 45.3. The predicted molar refractivity (Wildman–Crippen MR) is 207 cm³/mol. The second-order valence-electron chi connectivity index (χ2n) is 16.3. The first-order valence-corrected chi connectivity index (χ1v) is 21.9. The molecule has 298 valence electrons. The van der Waals surface area contributed by atoms with Gasteiger partial charge in [-0.2, -0.15) is 0 Å². The van der Waals surface area contributed by atoms with Gasteiger partial charge in [0.2, 0.25) is 0 Å². The highest BCUT2D eigenvalue weighted by Gasteiger charge is 2.33. The quantitative estimate of drug-likeness (QED) is 0.0784. The van der Waals surface area contributed by atoms with Gasteiger partial charge < -0.3 is 49.4 Å².